The quantitative estimate of drug-likeness (QED) is 0.549. The van der Waals surface area contributed by atoms with Crippen LogP contribution in [-0.2, 0) is 24.2 Å². The lowest BCUT2D eigenvalue weighted by Crippen LogP contribution is -2.37. The first-order valence-corrected chi connectivity index (χ1v) is 9.84. The largest absolute Gasteiger partial charge is 0.480 e. The van der Waals surface area contributed by atoms with Crippen LogP contribution in [0.1, 0.15) is 17.7 Å². The maximum absolute atomic E-state index is 11.4. The number of carboxylic acid groups (broad SMARTS) is 1. The van der Waals surface area contributed by atoms with Crippen molar-refractivity contribution in [2.24, 2.45) is 0 Å². The molecule has 3 aromatic heterocycles. The van der Waals surface area contributed by atoms with Crippen LogP contribution < -0.4 is 4.90 Å². The first-order chi connectivity index (χ1) is 14.0. The van der Waals surface area contributed by atoms with Crippen molar-refractivity contribution in [2.45, 2.75) is 31.8 Å². The Morgan fingerprint density at radius 1 is 1.41 bits per heavy atom. The molecule has 1 aliphatic carbocycles. The molecular weight excluding hydrogens is 392 g/mol. The average Bonchev–Trinajstić information content (AvgIpc) is 3.26. The zero-order valence-electron chi connectivity index (χ0n) is 15.8. The highest BCUT2D eigenvalue weighted by Crippen LogP contribution is 2.34. The summed E-state index contributed by atoms with van der Waals surface area (Å²) in [6.45, 7) is -0.0517. The topological polar surface area (TPSA) is 84.4 Å². The summed E-state index contributed by atoms with van der Waals surface area (Å²) in [4.78, 5) is 22.6. The molecule has 0 aliphatic heterocycles. The van der Waals surface area contributed by atoms with Crippen molar-refractivity contribution in [3.05, 3.63) is 52.8 Å². The summed E-state index contributed by atoms with van der Waals surface area (Å²) in [6.07, 6.45) is 4.16. The van der Waals surface area contributed by atoms with E-state index in [9.17, 15) is 9.90 Å². The lowest BCUT2D eigenvalue weighted by Gasteiger charge is -2.30. The molecule has 1 aliphatic rings. The van der Waals surface area contributed by atoms with E-state index >= 15 is 0 Å². The Balaban J connectivity index is 1.50. The fourth-order valence-electron chi connectivity index (χ4n) is 4.27. The van der Waals surface area contributed by atoms with Gasteiger partial charge >= 0.3 is 5.97 Å². The zero-order valence-corrected chi connectivity index (χ0v) is 16.6. The van der Waals surface area contributed by atoms with E-state index in [4.69, 9.17) is 16.0 Å². The van der Waals surface area contributed by atoms with Gasteiger partial charge in [-0.2, -0.15) is 4.98 Å². The van der Waals surface area contributed by atoms with Gasteiger partial charge < -0.3 is 19.0 Å². The monoisotopic (exact) mass is 410 g/mol. The molecule has 8 heteroatoms. The number of rotatable bonds is 4. The van der Waals surface area contributed by atoms with Crippen LogP contribution in [0.3, 0.4) is 0 Å². The van der Waals surface area contributed by atoms with Gasteiger partial charge in [-0.1, -0.05) is 11.6 Å². The van der Waals surface area contributed by atoms with Crippen LogP contribution in [0.2, 0.25) is 5.02 Å². The highest BCUT2D eigenvalue weighted by atomic mass is 35.5. The molecule has 1 atom stereocenters. The fourth-order valence-corrected chi connectivity index (χ4v) is 4.44. The molecule has 0 saturated heterocycles. The van der Waals surface area contributed by atoms with E-state index in [0.717, 1.165) is 47.1 Å². The van der Waals surface area contributed by atoms with Crippen molar-refractivity contribution in [1.82, 2.24) is 14.5 Å². The molecule has 0 spiro atoms. The van der Waals surface area contributed by atoms with Crippen molar-refractivity contribution in [3.63, 3.8) is 0 Å². The molecule has 148 valence electrons. The molecule has 5 rings (SSSR count). The van der Waals surface area contributed by atoms with E-state index in [1.807, 2.05) is 29.8 Å². The van der Waals surface area contributed by atoms with E-state index in [2.05, 4.69) is 14.9 Å². The number of aromatic nitrogens is 3. The summed E-state index contributed by atoms with van der Waals surface area (Å²) >= 11 is 6.05. The first-order valence-electron chi connectivity index (χ1n) is 9.47. The average molecular weight is 411 g/mol. The summed E-state index contributed by atoms with van der Waals surface area (Å²) in [5, 5.41) is 9.96. The number of oxazole rings is 1. The maximum atomic E-state index is 11.4. The third-order valence-electron chi connectivity index (χ3n) is 5.67. The predicted octanol–water partition coefficient (Wildman–Crippen LogP) is 3.91. The van der Waals surface area contributed by atoms with Gasteiger partial charge in [-0.25, -0.2) is 0 Å². The Morgan fingerprint density at radius 2 is 2.28 bits per heavy atom. The second kappa shape index (κ2) is 6.77. The van der Waals surface area contributed by atoms with Crippen molar-refractivity contribution < 1.29 is 14.3 Å². The van der Waals surface area contributed by atoms with E-state index in [1.165, 1.54) is 0 Å². The van der Waals surface area contributed by atoms with Crippen LogP contribution in [0.5, 0.6) is 0 Å². The summed E-state index contributed by atoms with van der Waals surface area (Å²) in [5.74, 6) is -0.849. The van der Waals surface area contributed by atoms with E-state index < -0.39 is 5.97 Å². The number of benzene rings is 1. The minimum absolute atomic E-state index is 0.0517. The molecule has 0 unspecified atom stereocenters. The minimum Gasteiger partial charge on any atom is -0.480 e. The van der Waals surface area contributed by atoms with Gasteiger partial charge in [0.15, 0.2) is 5.58 Å². The van der Waals surface area contributed by atoms with Crippen LogP contribution in [-0.4, -0.2) is 38.7 Å². The molecule has 7 nitrogen and oxygen atoms in total. The second-order valence-electron chi connectivity index (χ2n) is 7.39. The maximum Gasteiger partial charge on any atom is 0.323 e. The molecule has 1 N–H and O–H groups in total. The lowest BCUT2D eigenvalue weighted by molar-refractivity contribution is -0.137. The van der Waals surface area contributed by atoms with Gasteiger partial charge in [-0.05, 0) is 43.5 Å². The van der Waals surface area contributed by atoms with Crippen LogP contribution in [0, 0.1) is 0 Å². The Kier molecular flexibility index (Phi) is 4.20. The summed E-state index contributed by atoms with van der Waals surface area (Å²) in [7, 11) is 1.98. The van der Waals surface area contributed by atoms with Crippen LogP contribution in [0.25, 0.3) is 22.1 Å². The molecule has 0 amide bonds. The van der Waals surface area contributed by atoms with Crippen molar-refractivity contribution >= 4 is 45.7 Å². The number of likely N-dealkylation sites (N-methyl/N-ethyl adjacent to an activating group) is 1. The number of hydrogen-bond acceptors (Lipinski definition) is 5. The van der Waals surface area contributed by atoms with Gasteiger partial charge in [-0.3, -0.25) is 9.78 Å². The molecule has 0 radical (unpaired) electrons. The van der Waals surface area contributed by atoms with E-state index in [0.29, 0.717) is 16.6 Å². The Labute approximate surface area is 171 Å². The van der Waals surface area contributed by atoms with Gasteiger partial charge in [0.1, 0.15) is 12.1 Å². The number of halogens is 1. The number of aliphatic carboxylic acids is 1. The molecule has 0 bridgehead atoms. The third-order valence-corrected chi connectivity index (χ3v) is 5.91. The van der Waals surface area contributed by atoms with Gasteiger partial charge in [0.05, 0.1) is 11.0 Å². The molecule has 4 aromatic rings. The highest BCUT2D eigenvalue weighted by molar-refractivity contribution is 6.31. The smallest absolute Gasteiger partial charge is 0.323 e. The molecule has 0 fully saturated rings. The van der Waals surface area contributed by atoms with Gasteiger partial charge in [0.25, 0.3) is 6.01 Å². The standard InChI is InChI=1S/C21H19ClN4O3/c1-25(21-24-15-6-4-12(22)9-18(15)29-21)13-5-7-16-14(10-13)20-17(3-2-8-23-20)26(16)11-19(27)28/h2-4,6,8-9,13H,5,7,10-11H2,1H3,(H,27,28)/t13-/m1/s1. The molecule has 3 heterocycles. The van der Waals surface area contributed by atoms with Crippen molar-refractivity contribution in [3.8, 4) is 0 Å². The fraction of sp³-hybridized carbons (Fsp3) is 0.286. The molecule has 29 heavy (non-hydrogen) atoms. The van der Waals surface area contributed by atoms with Gasteiger partial charge in [0.2, 0.25) is 0 Å². The van der Waals surface area contributed by atoms with Crippen LogP contribution in [0.4, 0.5) is 6.01 Å². The van der Waals surface area contributed by atoms with Crippen LogP contribution in [0.15, 0.2) is 40.9 Å². The number of carboxylic acids is 1. The molecule has 1 aromatic carbocycles. The Morgan fingerprint density at radius 3 is 3.10 bits per heavy atom. The number of anilines is 1. The van der Waals surface area contributed by atoms with Gasteiger partial charge in [0, 0.05) is 41.6 Å². The number of fused-ring (bicyclic) bond motifs is 4. The second-order valence-corrected chi connectivity index (χ2v) is 7.83. The van der Waals surface area contributed by atoms with Crippen molar-refractivity contribution in [1.29, 1.82) is 0 Å². The normalized spacial score (nSPS) is 16.3. The molecule has 0 saturated carbocycles. The lowest BCUT2D eigenvalue weighted by atomic mass is 9.92. The number of hydrogen-bond donors (Lipinski definition) is 1. The Bertz CT molecular complexity index is 1250. The zero-order chi connectivity index (χ0) is 20.1. The summed E-state index contributed by atoms with van der Waals surface area (Å²) in [5.41, 5.74) is 5.37. The summed E-state index contributed by atoms with van der Waals surface area (Å²) < 4.78 is 7.82. The van der Waals surface area contributed by atoms with Crippen molar-refractivity contribution in [2.75, 3.05) is 11.9 Å². The summed E-state index contributed by atoms with van der Waals surface area (Å²) in [6, 6.07) is 9.93. The number of pyridine rings is 1. The van der Waals surface area contributed by atoms with E-state index in [-0.39, 0.29) is 12.6 Å². The number of nitrogens with zero attached hydrogens (tertiary/aromatic N) is 4. The van der Waals surface area contributed by atoms with Crippen LogP contribution >= 0.6 is 11.6 Å². The third kappa shape index (κ3) is 3.02. The first kappa shape index (κ1) is 18.0. The minimum atomic E-state index is -0.849. The highest BCUT2D eigenvalue weighted by Gasteiger charge is 2.30. The number of carbonyl (C=O) groups is 1. The Hall–Kier alpha value is -3.06. The predicted molar refractivity (Wildman–Crippen MR) is 111 cm³/mol. The van der Waals surface area contributed by atoms with E-state index in [1.54, 1.807) is 18.3 Å². The molecular formula is C21H19ClN4O3. The SMILES string of the molecule is CN(c1nc2ccc(Cl)cc2o1)[C@@H]1CCc2c(c3ncccc3n2CC(=O)O)C1. The van der Waals surface area contributed by atoms with Gasteiger partial charge in [-0.15, -0.1) is 0 Å².